The molecule has 1 aliphatic carbocycles. The molecule has 118 valence electrons. The Morgan fingerprint density at radius 2 is 2.09 bits per heavy atom. The molecule has 0 unspecified atom stereocenters. The maximum atomic E-state index is 11.6. The lowest BCUT2D eigenvalue weighted by molar-refractivity contribution is -0.123. The molecule has 0 aliphatic heterocycles. The number of nitrogens with one attached hydrogen (secondary N) is 2. The fraction of sp³-hybridized carbons (Fsp3) is 0.562. The maximum Gasteiger partial charge on any atom is 0.222 e. The van der Waals surface area contributed by atoms with Crippen molar-refractivity contribution < 1.29 is 4.79 Å². The van der Waals surface area contributed by atoms with Crippen molar-refractivity contribution in [1.82, 2.24) is 15.3 Å². The Hall–Kier alpha value is -1.69. The third-order valence-electron chi connectivity index (χ3n) is 3.92. The molecule has 3 rings (SSSR count). The Labute approximate surface area is 134 Å². The van der Waals surface area contributed by atoms with Crippen LogP contribution < -0.4 is 10.6 Å². The number of carbonyl (C=O) groups excluding carboxylic acids is 1. The van der Waals surface area contributed by atoms with Crippen molar-refractivity contribution in [2.75, 3.05) is 18.4 Å². The Morgan fingerprint density at radius 1 is 1.27 bits per heavy atom. The van der Waals surface area contributed by atoms with Gasteiger partial charge in [-0.3, -0.25) is 4.79 Å². The summed E-state index contributed by atoms with van der Waals surface area (Å²) in [5.41, 5.74) is 1.42. The van der Waals surface area contributed by atoms with E-state index in [9.17, 15) is 4.79 Å². The van der Waals surface area contributed by atoms with Crippen LogP contribution in [0.5, 0.6) is 0 Å². The number of hydrogen-bond acceptors (Lipinski definition) is 5. The first-order valence-electron chi connectivity index (χ1n) is 7.86. The summed E-state index contributed by atoms with van der Waals surface area (Å²) in [6.45, 7) is 7.00. The number of thiophene rings is 1. The minimum absolute atomic E-state index is 0.0214. The van der Waals surface area contributed by atoms with E-state index in [0.29, 0.717) is 13.1 Å². The minimum Gasteiger partial charge on any atom is -0.368 e. The van der Waals surface area contributed by atoms with E-state index in [4.69, 9.17) is 0 Å². The second-order valence-electron chi connectivity index (χ2n) is 6.03. The maximum absolute atomic E-state index is 11.6. The molecule has 0 saturated carbocycles. The van der Waals surface area contributed by atoms with E-state index in [0.717, 1.165) is 22.9 Å². The second kappa shape index (κ2) is 6.20. The van der Waals surface area contributed by atoms with Gasteiger partial charge in [-0.1, -0.05) is 13.8 Å². The van der Waals surface area contributed by atoms with E-state index in [2.05, 4.69) is 20.6 Å². The molecule has 2 N–H and O–H groups in total. The number of rotatable bonds is 5. The van der Waals surface area contributed by atoms with Gasteiger partial charge in [0.1, 0.15) is 16.5 Å². The van der Waals surface area contributed by atoms with Gasteiger partial charge in [0.25, 0.3) is 0 Å². The molecule has 6 heteroatoms. The van der Waals surface area contributed by atoms with Gasteiger partial charge < -0.3 is 10.6 Å². The number of amides is 1. The van der Waals surface area contributed by atoms with Gasteiger partial charge in [-0.2, -0.15) is 0 Å². The van der Waals surface area contributed by atoms with Crippen LogP contribution in [0.4, 0.5) is 5.82 Å². The zero-order valence-electron chi connectivity index (χ0n) is 13.3. The van der Waals surface area contributed by atoms with Crippen molar-refractivity contribution in [2.45, 2.75) is 40.0 Å². The van der Waals surface area contributed by atoms with E-state index < -0.39 is 0 Å². The first-order valence-corrected chi connectivity index (χ1v) is 8.68. The SMILES string of the molecule is Cc1nc(NCCNC(=O)C(C)C)c2c3c(sc2n1)CCC3. The number of nitrogens with zero attached hydrogens (tertiary/aromatic N) is 2. The molecule has 22 heavy (non-hydrogen) atoms. The summed E-state index contributed by atoms with van der Waals surface area (Å²) in [4.78, 5) is 23.3. The molecule has 0 aromatic carbocycles. The molecular weight excluding hydrogens is 296 g/mol. The Morgan fingerprint density at radius 3 is 2.86 bits per heavy atom. The summed E-state index contributed by atoms with van der Waals surface area (Å²) in [5, 5.41) is 7.49. The van der Waals surface area contributed by atoms with Gasteiger partial charge in [0, 0.05) is 23.9 Å². The highest BCUT2D eigenvalue weighted by molar-refractivity contribution is 7.19. The molecule has 0 atom stereocenters. The quantitative estimate of drug-likeness (QED) is 0.832. The number of aryl methyl sites for hydroxylation is 3. The van der Waals surface area contributed by atoms with Crippen molar-refractivity contribution in [3.63, 3.8) is 0 Å². The zero-order valence-corrected chi connectivity index (χ0v) is 14.1. The van der Waals surface area contributed by atoms with Crippen LogP contribution in [0.3, 0.4) is 0 Å². The van der Waals surface area contributed by atoms with Crippen LogP contribution in [0.2, 0.25) is 0 Å². The summed E-state index contributed by atoms with van der Waals surface area (Å²) in [6.07, 6.45) is 3.52. The molecule has 2 aromatic rings. The van der Waals surface area contributed by atoms with Crippen LogP contribution in [0.1, 0.15) is 36.5 Å². The highest BCUT2D eigenvalue weighted by atomic mass is 32.1. The predicted octanol–water partition coefficient (Wildman–Crippen LogP) is 2.67. The van der Waals surface area contributed by atoms with E-state index in [1.165, 1.54) is 28.7 Å². The Bertz CT molecular complexity index is 708. The number of hydrogen-bond donors (Lipinski definition) is 2. The number of anilines is 1. The third kappa shape index (κ3) is 2.92. The molecule has 1 amide bonds. The molecule has 0 radical (unpaired) electrons. The highest BCUT2D eigenvalue weighted by Gasteiger charge is 2.21. The van der Waals surface area contributed by atoms with Gasteiger partial charge in [-0.05, 0) is 31.7 Å². The zero-order chi connectivity index (χ0) is 15.7. The van der Waals surface area contributed by atoms with Crippen molar-refractivity contribution in [3.8, 4) is 0 Å². The summed E-state index contributed by atoms with van der Waals surface area (Å²) in [5.74, 6) is 1.82. The van der Waals surface area contributed by atoms with Gasteiger partial charge in [-0.25, -0.2) is 9.97 Å². The number of carbonyl (C=O) groups is 1. The van der Waals surface area contributed by atoms with E-state index >= 15 is 0 Å². The third-order valence-corrected chi connectivity index (χ3v) is 5.10. The first kappa shape index (κ1) is 15.2. The van der Waals surface area contributed by atoms with Crippen LogP contribution in [0.25, 0.3) is 10.2 Å². The second-order valence-corrected chi connectivity index (χ2v) is 7.11. The minimum atomic E-state index is 0.0214. The molecule has 2 aromatic heterocycles. The van der Waals surface area contributed by atoms with Crippen LogP contribution in [0, 0.1) is 12.8 Å². The van der Waals surface area contributed by atoms with Crippen molar-refractivity contribution in [2.24, 2.45) is 5.92 Å². The summed E-state index contributed by atoms with van der Waals surface area (Å²) in [7, 11) is 0. The normalized spacial score (nSPS) is 13.6. The van der Waals surface area contributed by atoms with Crippen molar-refractivity contribution >= 4 is 33.3 Å². The summed E-state index contributed by atoms with van der Waals surface area (Å²) < 4.78 is 0. The molecule has 0 fully saturated rings. The van der Waals surface area contributed by atoms with Gasteiger partial charge in [0.05, 0.1) is 5.39 Å². The highest BCUT2D eigenvalue weighted by Crippen LogP contribution is 2.39. The number of fused-ring (bicyclic) bond motifs is 3. The first-order chi connectivity index (χ1) is 10.6. The van der Waals surface area contributed by atoms with Crippen molar-refractivity contribution in [1.29, 1.82) is 0 Å². The average molecular weight is 318 g/mol. The molecule has 0 spiro atoms. The summed E-state index contributed by atoms with van der Waals surface area (Å²) >= 11 is 1.80. The predicted molar refractivity (Wildman–Crippen MR) is 90.5 cm³/mol. The van der Waals surface area contributed by atoms with Crippen LogP contribution in [0.15, 0.2) is 0 Å². The molecule has 0 bridgehead atoms. The van der Waals surface area contributed by atoms with Crippen LogP contribution in [-0.2, 0) is 17.6 Å². The summed E-state index contributed by atoms with van der Waals surface area (Å²) in [6, 6.07) is 0. The van der Waals surface area contributed by atoms with Crippen molar-refractivity contribution in [3.05, 3.63) is 16.3 Å². The average Bonchev–Trinajstić information content (AvgIpc) is 3.02. The molecule has 1 aliphatic rings. The lowest BCUT2D eigenvalue weighted by Crippen LogP contribution is -2.32. The van der Waals surface area contributed by atoms with Crippen LogP contribution >= 0.6 is 11.3 Å². The Balaban J connectivity index is 1.74. The van der Waals surface area contributed by atoms with Gasteiger partial charge >= 0.3 is 0 Å². The monoisotopic (exact) mass is 318 g/mol. The fourth-order valence-corrected chi connectivity index (χ4v) is 4.11. The number of aromatic nitrogens is 2. The van der Waals surface area contributed by atoms with E-state index in [1.807, 2.05) is 20.8 Å². The Kier molecular flexibility index (Phi) is 4.29. The lowest BCUT2D eigenvalue weighted by atomic mass is 10.2. The largest absolute Gasteiger partial charge is 0.368 e. The van der Waals surface area contributed by atoms with Gasteiger partial charge in [0.2, 0.25) is 5.91 Å². The van der Waals surface area contributed by atoms with E-state index in [1.54, 1.807) is 11.3 Å². The molecule has 5 nitrogen and oxygen atoms in total. The van der Waals surface area contributed by atoms with Crippen LogP contribution in [-0.4, -0.2) is 29.0 Å². The molecular formula is C16H22N4OS. The topological polar surface area (TPSA) is 66.9 Å². The fourth-order valence-electron chi connectivity index (χ4n) is 2.80. The molecule has 2 heterocycles. The lowest BCUT2D eigenvalue weighted by Gasteiger charge is -2.11. The smallest absolute Gasteiger partial charge is 0.222 e. The van der Waals surface area contributed by atoms with Gasteiger partial charge in [-0.15, -0.1) is 11.3 Å². The van der Waals surface area contributed by atoms with E-state index in [-0.39, 0.29) is 11.8 Å². The molecule has 0 saturated heterocycles. The van der Waals surface area contributed by atoms with Gasteiger partial charge in [0.15, 0.2) is 0 Å². The standard InChI is InChI=1S/C16H22N4OS/c1-9(2)15(21)18-8-7-17-14-13-11-5-4-6-12(11)22-16(13)20-10(3)19-14/h9H,4-8H2,1-3H3,(H,18,21)(H,17,19,20).